The van der Waals surface area contributed by atoms with Gasteiger partial charge in [-0.1, -0.05) is 6.92 Å². The first kappa shape index (κ1) is 7.63. The SMILES string of the molecule is CC[C@H](C)OCC=O. The monoisotopic (exact) mass is 116 g/mol. The van der Waals surface area contributed by atoms with Gasteiger partial charge >= 0.3 is 0 Å². The Morgan fingerprint density at radius 1 is 1.75 bits per heavy atom. The second-order valence-corrected chi connectivity index (χ2v) is 1.72. The average Bonchev–Trinajstić information content (AvgIpc) is 1.83. The molecule has 0 unspecified atom stereocenters. The lowest BCUT2D eigenvalue weighted by Crippen LogP contribution is -2.07. The quantitative estimate of drug-likeness (QED) is 0.512. The summed E-state index contributed by atoms with van der Waals surface area (Å²) in [7, 11) is 0. The predicted molar refractivity (Wildman–Crippen MR) is 31.8 cm³/mol. The third kappa shape index (κ3) is 3.81. The first-order valence-corrected chi connectivity index (χ1v) is 2.86. The molecule has 8 heavy (non-hydrogen) atoms. The first-order valence-electron chi connectivity index (χ1n) is 2.86. The van der Waals surface area contributed by atoms with Crippen LogP contribution in [0.4, 0.5) is 0 Å². The Morgan fingerprint density at radius 2 is 2.38 bits per heavy atom. The average molecular weight is 116 g/mol. The molecule has 0 heterocycles. The van der Waals surface area contributed by atoms with Crippen LogP contribution in [0.15, 0.2) is 0 Å². The molecule has 0 amide bonds. The van der Waals surface area contributed by atoms with E-state index in [2.05, 4.69) is 0 Å². The van der Waals surface area contributed by atoms with E-state index in [0.29, 0.717) is 0 Å². The molecule has 48 valence electrons. The van der Waals surface area contributed by atoms with E-state index >= 15 is 0 Å². The largest absolute Gasteiger partial charge is 0.371 e. The van der Waals surface area contributed by atoms with Crippen LogP contribution >= 0.6 is 0 Å². The zero-order valence-corrected chi connectivity index (χ0v) is 5.39. The van der Waals surface area contributed by atoms with Gasteiger partial charge in [0, 0.05) is 0 Å². The minimum atomic E-state index is 0.222. The fourth-order valence-electron chi connectivity index (χ4n) is 0.321. The molecule has 0 aliphatic carbocycles. The van der Waals surface area contributed by atoms with Crippen molar-refractivity contribution in [3.8, 4) is 0 Å². The summed E-state index contributed by atoms with van der Waals surface area (Å²) < 4.78 is 4.97. The molecular formula is C6H12O2. The van der Waals surface area contributed by atoms with Gasteiger partial charge in [0.2, 0.25) is 0 Å². The Bertz CT molecular complexity index is 61.5. The number of aldehydes is 1. The highest BCUT2D eigenvalue weighted by Crippen LogP contribution is 1.92. The molecule has 1 atom stereocenters. The third-order valence-corrected chi connectivity index (χ3v) is 1.02. The number of carbonyl (C=O) groups excluding carboxylic acids is 1. The Hall–Kier alpha value is -0.370. The molecular weight excluding hydrogens is 104 g/mol. The maximum absolute atomic E-state index is 9.70. The van der Waals surface area contributed by atoms with Gasteiger partial charge < -0.3 is 9.53 Å². The number of rotatable bonds is 4. The molecule has 0 aromatic heterocycles. The molecule has 0 bridgehead atoms. The summed E-state index contributed by atoms with van der Waals surface area (Å²) >= 11 is 0. The van der Waals surface area contributed by atoms with E-state index in [1.54, 1.807) is 0 Å². The molecule has 0 radical (unpaired) electrons. The molecule has 0 fully saturated rings. The standard InChI is InChI=1S/C6H12O2/c1-3-6(2)8-5-4-7/h4,6H,3,5H2,1-2H3/t6-/m0/s1. The summed E-state index contributed by atoms with van der Waals surface area (Å²) in [5.74, 6) is 0. The highest BCUT2D eigenvalue weighted by atomic mass is 16.5. The Balaban J connectivity index is 2.97. The summed E-state index contributed by atoms with van der Waals surface area (Å²) in [5, 5.41) is 0. The molecule has 0 rings (SSSR count). The van der Waals surface area contributed by atoms with Crippen molar-refractivity contribution in [1.82, 2.24) is 0 Å². The van der Waals surface area contributed by atoms with Crippen LogP contribution in [0.5, 0.6) is 0 Å². The Labute approximate surface area is 49.8 Å². The van der Waals surface area contributed by atoms with Crippen LogP contribution in [0.25, 0.3) is 0 Å². The van der Waals surface area contributed by atoms with Gasteiger partial charge in [0.1, 0.15) is 12.9 Å². The van der Waals surface area contributed by atoms with Gasteiger partial charge in [-0.3, -0.25) is 0 Å². The maximum Gasteiger partial charge on any atom is 0.145 e. The van der Waals surface area contributed by atoms with Crippen LogP contribution in [0, 0.1) is 0 Å². The molecule has 0 aromatic rings. The van der Waals surface area contributed by atoms with Crippen LogP contribution in [0.2, 0.25) is 0 Å². The van der Waals surface area contributed by atoms with Crippen LogP contribution in [-0.4, -0.2) is 19.0 Å². The zero-order valence-electron chi connectivity index (χ0n) is 5.39. The molecule has 0 aromatic carbocycles. The van der Waals surface area contributed by atoms with Gasteiger partial charge in [0.05, 0.1) is 6.10 Å². The second-order valence-electron chi connectivity index (χ2n) is 1.72. The molecule has 0 spiro atoms. The lowest BCUT2D eigenvalue weighted by Gasteiger charge is -2.05. The third-order valence-electron chi connectivity index (χ3n) is 1.02. The molecule has 2 nitrogen and oxygen atoms in total. The van der Waals surface area contributed by atoms with Crippen molar-refractivity contribution in [3.63, 3.8) is 0 Å². The van der Waals surface area contributed by atoms with Gasteiger partial charge in [-0.15, -0.1) is 0 Å². The fraction of sp³-hybridized carbons (Fsp3) is 0.833. The van der Waals surface area contributed by atoms with E-state index in [0.717, 1.165) is 12.7 Å². The maximum atomic E-state index is 9.70. The first-order chi connectivity index (χ1) is 3.81. The van der Waals surface area contributed by atoms with E-state index in [1.807, 2.05) is 13.8 Å². The highest BCUT2D eigenvalue weighted by Gasteiger charge is 1.94. The Kier molecular flexibility index (Phi) is 4.56. The van der Waals surface area contributed by atoms with Crippen LogP contribution in [0.1, 0.15) is 20.3 Å². The van der Waals surface area contributed by atoms with Crippen molar-refractivity contribution in [2.45, 2.75) is 26.4 Å². The highest BCUT2D eigenvalue weighted by molar-refractivity contribution is 5.50. The van der Waals surface area contributed by atoms with Gasteiger partial charge in [0.25, 0.3) is 0 Å². The van der Waals surface area contributed by atoms with Gasteiger partial charge in [-0.25, -0.2) is 0 Å². The van der Waals surface area contributed by atoms with Crippen LogP contribution < -0.4 is 0 Å². The smallest absolute Gasteiger partial charge is 0.145 e. The number of hydrogen-bond donors (Lipinski definition) is 0. The minimum Gasteiger partial charge on any atom is -0.371 e. The molecule has 2 heteroatoms. The van der Waals surface area contributed by atoms with Crippen molar-refractivity contribution >= 4 is 6.29 Å². The number of carbonyl (C=O) groups is 1. The van der Waals surface area contributed by atoms with Crippen LogP contribution in [-0.2, 0) is 9.53 Å². The van der Waals surface area contributed by atoms with Gasteiger partial charge in [0.15, 0.2) is 0 Å². The summed E-state index contributed by atoms with van der Waals surface area (Å²) in [6.45, 7) is 4.20. The number of hydrogen-bond acceptors (Lipinski definition) is 2. The molecule has 0 aliphatic heterocycles. The van der Waals surface area contributed by atoms with Crippen molar-refractivity contribution < 1.29 is 9.53 Å². The molecule has 0 saturated heterocycles. The van der Waals surface area contributed by atoms with E-state index in [-0.39, 0.29) is 12.7 Å². The van der Waals surface area contributed by atoms with Crippen molar-refractivity contribution in [2.75, 3.05) is 6.61 Å². The van der Waals surface area contributed by atoms with Crippen LogP contribution in [0.3, 0.4) is 0 Å². The summed E-state index contributed by atoms with van der Waals surface area (Å²) in [6.07, 6.45) is 1.96. The van der Waals surface area contributed by atoms with Gasteiger partial charge in [-0.05, 0) is 13.3 Å². The predicted octanol–water partition coefficient (Wildman–Crippen LogP) is 1.00. The van der Waals surface area contributed by atoms with Crippen molar-refractivity contribution in [2.24, 2.45) is 0 Å². The summed E-state index contributed by atoms with van der Waals surface area (Å²) in [5.41, 5.74) is 0. The van der Waals surface area contributed by atoms with E-state index in [9.17, 15) is 4.79 Å². The lowest BCUT2D eigenvalue weighted by molar-refractivity contribution is -0.113. The van der Waals surface area contributed by atoms with Crippen molar-refractivity contribution in [1.29, 1.82) is 0 Å². The van der Waals surface area contributed by atoms with E-state index < -0.39 is 0 Å². The fourth-order valence-corrected chi connectivity index (χ4v) is 0.321. The summed E-state index contributed by atoms with van der Waals surface area (Å²) in [4.78, 5) is 9.70. The van der Waals surface area contributed by atoms with Gasteiger partial charge in [-0.2, -0.15) is 0 Å². The lowest BCUT2D eigenvalue weighted by atomic mass is 10.3. The normalized spacial score (nSPS) is 13.2. The molecule has 0 aliphatic rings. The zero-order chi connectivity index (χ0) is 6.41. The molecule has 0 saturated carbocycles. The second kappa shape index (κ2) is 4.78. The van der Waals surface area contributed by atoms with Crippen molar-refractivity contribution in [3.05, 3.63) is 0 Å². The summed E-state index contributed by atoms with van der Waals surface area (Å²) in [6, 6.07) is 0. The Morgan fingerprint density at radius 3 is 2.75 bits per heavy atom. The van der Waals surface area contributed by atoms with E-state index in [4.69, 9.17) is 4.74 Å². The topological polar surface area (TPSA) is 26.3 Å². The number of ether oxygens (including phenoxy) is 1. The minimum absolute atomic E-state index is 0.222. The molecule has 0 N–H and O–H groups in total. The van der Waals surface area contributed by atoms with E-state index in [1.165, 1.54) is 0 Å².